The van der Waals surface area contributed by atoms with Gasteiger partial charge in [0.1, 0.15) is 12.4 Å². The highest BCUT2D eigenvalue weighted by molar-refractivity contribution is 5.96. The Bertz CT molecular complexity index is 1400. The van der Waals surface area contributed by atoms with Gasteiger partial charge < -0.3 is 25.4 Å². The van der Waals surface area contributed by atoms with Gasteiger partial charge in [0.2, 0.25) is 0 Å². The van der Waals surface area contributed by atoms with Gasteiger partial charge in [-0.2, -0.15) is 0 Å². The molecule has 1 saturated heterocycles. The second kappa shape index (κ2) is 14.3. The number of amides is 1. The maximum Gasteiger partial charge on any atom is 0.254 e. The Kier molecular flexibility index (Phi) is 10.6. The summed E-state index contributed by atoms with van der Waals surface area (Å²) in [6.07, 6.45) is 5.17. The molecule has 42 heavy (non-hydrogen) atoms. The van der Waals surface area contributed by atoms with Crippen LogP contribution in [0, 0.1) is 13.8 Å². The van der Waals surface area contributed by atoms with E-state index < -0.39 is 0 Å². The molecule has 1 atom stereocenters. The van der Waals surface area contributed by atoms with E-state index >= 15 is 0 Å². The standard InChI is InChI=1S/C27H33N3O2.C9H12O/c1-18-8-5-6-9-22(18)14-19(2)21(4)30-12-13-32-25-16-23(15-20(3)26(25)30)27(31)29-11-7-10-24(28)17-29;1-2-8-3-5-9(7-10)6-4-8/h5-6,8-9,14-16,24H,4,7,10-13,17,28H2,1-3H3;3-6,10H,2,7H2,1H3/b19-14+;. The molecule has 6 heteroatoms. The molecule has 2 heterocycles. The number of aryl methyl sites for hydroxylation is 3. The predicted molar refractivity (Wildman–Crippen MR) is 173 cm³/mol. The van der Waals surface area contributed by atoms with Crippen molar-refractivity contribution in [3.63, 3.8) is 0 Å². The van der Waals surface area contributed by atoms with E-state index in [4.69, 9.17) is 15.6 Å². The third-order valence-corrected chi connectivity index (χ3v) is 8.06. The SMILES string of the molecule is C=C(/C(C)=C/c1ccccc1C)N1CCOc2cc(C(=O)N3CCCC(N)C3)cc(C)c21.CCc1ccc(CO)cc1. The Balaban J connectivity index is 0.000000343. The minimum absolute atomic E-state index is 0.0289. The van der Waals surface area contributed by atoms with Crippen LogP contribution >= 0.6 is 0 Å². The molecule has 5 rings (SSSR count). The number of aliphatic hydroxyl groups excluding tert-OH is 1. The van der Waals surface area contributed by atoms with Gasteiger partial charge in [0.25, 0.3) is 5.91 Å². The van der Waals surface area contributed by atoms with Gasteiger partial charge in [-0.1, -0.05) is 62.0 Å². The highest BCUT2D eigenvalue weighted by Gasteiger charge is 2.27. The zero-order valence-electron chi connectivity index (χ0n) is 25.5. The van der Waals surface area contributed by atoms with Crippen LogP contribution in [-0.4, -0.2) is 48.2 Å². The molecular weight excluding hydrogens is 522 g/mol. The molecule has 0 aliphatic carbocycles. The van der Waals surface area contributed by atoms with Crippen LogP contribution in [0.3, 0.4) is 0 Å². The molecule has 0 radical (unpaired) electrons. The minimum atomic E-state index is 0.0289. The van der Waals surface area contributed by atoms with Gasteiger partial charge >= 0.3 is 0 Å². The Morgan fingerprint density at radius 1 is 1.07 bits per heavy atom. The van der Waals surface area contributed by atoms with E-state index in [9.17, 15) is 4.79 Å². The lowest BCUT2D eigenvalue weighted by atomic mass is 10.0. The third-order valence-electron chi connectivity index (χ3n) is 8.06. The van der Waals surface area contributed by atoms with Crippen molar-refractivity contribution in [2.45, 2.75) is 59.6 Å². The molecule has 0 bridgehead atoms. The number of nitrogens with zero attached hydrogens (tertiary/aromatic N) is 2. The molecule has 0 spiro atoms. The van der Waals surface area contributed by atoms with Crippen LogP contribution in [0.2, 0.25) is 0 Å². The van der Waals surface area contributed by atoms with Gasteiger partial charge in [-0.3, -0.25) is 4.79 Å². The van der Waals surface area contributed by atoms with Crippen LogP contribution in [0.5, 0.6) is 5.75 Å². The monoisotopic (exact) mass is 567 g/mol. The quantitative estimate of drug-likeness (QED) is 0.336. The van der Waals surface area contributed by atoms with E-state index in [0.29, 0.717) is 18.7 Å². The molecule has 6 nitrogen and oxygen atoms in total. The number of ether oxygens (including phenoxy) is 1. The molecule has 1 amide bonds. The van der Waals surface area contributed by atoms with Crippen LogP contribution in [0.1, 0.15) is 64.9 Å². The van der Waals surface area contributed by atoms with E-state index in [2.05, 4.69) is 62.6 Å². The summed E-state index contributed by atoms with van der Waals surface area (Å²) in [4.78, 5) is 17.2. The molecule has 1 unspecified atom stereocenters. The number of fused-ring (bicyclic) bond motifs is 1. The number of carbonyl (C=O) groups excluding carboxylic acids is 1. The minimum Gasteiger partial charge on any atom is -0.490 e. The number of hydrogen-bond acceptors (Lipinski definition) is 5. The molecular formula is C36H45N3O3. The normalized spacial score (nSPS) is 16.6. The van der Waals surface area contributed by atoms with Crippen LogP contribution in [0.4, 0.5) is 5.69 Å². The van der Waals surface area contributed by atoms with E-state index in [1.54, 1.807) is 0 Å². The number of hydrogen-bond donors (Lipinski definition) is 2. The second-order valence-electron chi connectivity index (χ2n) is 11.3. The lowest BCUT2D eigenvalue weighted by molar-refractivity contribution is 0.0708. The molecule has 222 valence electrons. The number of allylic oxidation sites excluding steroid dienone is 1. The highest BCUT2D eigenvalue weighted by Crippen LogP contribution is 2.39. The smallest absolute Gasteiger partial charge is 0.254 e. The van der Waals surface area contributed by atoms with E-state index in [1.165, 1.54) is 16.7 Å². The van der Waals surface area contributed by atoms with Crippen LogP contribution < -0.4 is 15.4 Å². The van der Waals surface area contributed by atoms with Gasteiger partial charge in [-0.15, -0.1) is 0 Å². The fourth-order valence-electron chi connectivity index (χ4n) is 5.49. The summed E-state index contributed by atoms with van der Waals surface area (Å²) in [7, 11) is 0. The second-order valence-corrected chi connectivity index (χ2v) is 11.3. The van der Waals surface area contributed by atoms with Gasteiger partial charge in [0, 0.05) is 30.4 Å². The average Bonchev–Trinajstić information content (AvgIpc) is 3.01. The number of aliphatic hydroxyl groups is 1. The number of carbonyl (C=O) groups is 1. The van der Waals surface area contributed by atoms with Crippen molar-refractivity contribution >= 4 is 17.7 Å². The molecule has 1 fully saturated rings. The summed E-state index contributed by atoms with van der Waals surface area (Å²) in [5, 5.41) is 8.70. The number of rotatable bonds is 6. The molecule has 3 aromatic carbocycles. The fraction of sp³-hybridized carbons (Fsp3) is 0.361. The summed E-state index contributed by atoms with van der Waals surface area (Å²) in [6.45, 7) is 15.5. The summed E-state index contributed by atoms with van der Waals surface area (Å²) in [5.41, 5.74) is 15.5. The van der Waals surface area contributed by atoms with Crippen molar-refractivity contribution in [3.8, 4) is 5.75 Å². The topological polar surface area (TPSA) is 79.0 Å². The lowest BCUT2D eigenvalue weighted by Crippen LogP contribution is -2.45. The number of nitrogens with two attached hydrogens (primary N) is 1. The first kappa shape index (κ1) is 31.1. The number of benzene rings is 3. The van der Waals surface area contributed by atoms with Crippen LogP contribution in [-0.2, 0) is 13.0 Å². The molecule has 0 saturated carbocycles. The molecule has 2 aliphatic heterocycles. The van der Waals surface area contributed by atoms with Crippen molar-refractivity contribution < 1.29 is 14.6 Å². The molecule has 3 N–H and O–H groups in total. The Morgan fingerprint density at radius 3 is 2.45 bits per heavy atom. The first-order valence-corrected chi connectivity index (χ1v) is 14.9. The Labute approximate surface area is 251 Å². The van der Waals surface area contributed by atoms with E-state index in [1.807, 2.05) is 48.2 Å². The van der Waals surface area contributed by atoms with Gasteiger partial charge in [0.15, 0.2) is 0 Å². The lowest BCUT2D eigenvalue weighted by Gasteiger charge is -2.35. The maximum absolute atomic E-state index is 13.1. The largest absolute Gasteiger partial charge is 0.490 e. The fourth-order valence-corrected chi connectivity index (χ4v) is 5.49. The van der Waals surface area contributed by atoms with Crippen molar-refractivity contribution in [1.29, 1.82) is 0 Å². The van der Waals surface area contributed by atoms with Gasteiger partial charge in [-0.25, -0.2) is 0 Å². The third kappa shape index (κ3) is 7.50. The zero-order valence-corrected chi connectivity index (χ0v) is 25.5. The van der Waals surface area contributed by atoms with Crippen molar-refractivity contribution in [1.82, 2.24) is 4.90 Å². The summed E-state index contributed by atoms with van der Waals surface area (Å²) in [5.74, 6) is 0.770. The van der Waals surface area contributed by atoms with E-state index in [0.717, 1.165) is 66.2 Å². The molecule has 3 aromatic rings. The number of anilines is 1. The Morgan fingerprint density at radius 2 is 1.79 bits per heavy atom. The average molecular weight is 568 g/mol. The first-order valence-electron chi connectivity index (χ1n) is 14.9. The number of piperidine rings is 1. The Hall–Kier alpha value is -3.87. The predicted octanol–water partition coefficient (Wildman–Crippen LogP) is 6.42. The van der Waals surface area contributed by atoms with Crippen molar-refractivity contribution in [3.05, 3.63) is 112 Å². The van der Waals surface area contributed by atoms with Crippen molar-refractivity contribution in [2.24, 2.45) is 5.73 Å². The summed E-state index contributed by atoms with van der Waals surface area (Å²) < 4.78 is 6.00. The van der Waals surface area contributed by atoms with Gasteiger partial charge in [-0.05, 0) is 91.6 Å². The summed E-state index contributed by atoms with van der Waals surface area (Å²) in [6, 6.07) is 20.3. The number of likely N-dealkylation sites (tertiary alicyclic amines) is 1. The summed E-state index contributed by atoms with van der Waals surface area (Å²) >= 11 is 0. The first-order chi connectivity index (χ1) is 20.2. The van der Waals surface area contributed by atoms with E-state index in [-0.39, 0.29) is 18.6 Å². The van der Waals surface area contributed by atoms with Crippen molar-refractivity contribution in [2.75, 3.05) is 31.1 Å². The van der Waals surface area contributed by atoms with Gasteiger partial charge in [0.05, 0.1) is 18.8 Å². The zero-order chi connectivity index (χ0) is 30.2. The van der Waals surface area contributed by atoms with Crippen LogP contribution in [0.15, 0.2) is 78.5 Å². The highest BCUT2D eigenvalue weighted by atomic mass is 16.5. The van der Waals surface area contributed by atoms with Crippen LogP contribution in [0.25, 0.3) is 6.08 Å². The molecule has 0 aromatic heterocycles. The molecule has 2 aliphatic rings. The maximum atomic E-state index is 13.1.